The molecule has 4 aliphatic carbocycles. The smallest absolute Gasteiger partial charge is 0.247 e. The molecule has 5 aliphatic rings. The van der Waals surface area contributed by atoms with Crippen LogP contribution >= 0.6 is 11.8 Å². The third kappa shape index (κ3) is 3.64. The molecular weight excluding hydrogens is 401 g/mol. The Morgan fingerprint density at radius 3 is 2.70 bits per heavy atom. The van der Waals surface area contributed by atoms with Crippen LogP contribution in [0.4, 0.5) is 4.39 Å². The van der Waals surface area contributed by atoms with E-state index in [1.54, 1.807) is 23.9 Å². The third-order valence-corrected chi connectivity index (χ3v) is 9.15. The van der Waals surface area contributed by atoms with E-state index >= 15 is 0 Å². The molecule has 4 saturated carbocycles. The van der Waals surface area contributed by atoms with Gasteiger partial charge in [-0.05, 0) is 79.7 Å². The number of hydrogen-bond acceptors (Lipinski definition) is 4. The lowest BCUT2D eigenvalue weighted by Gasteiger charge is -2.59. The minimum absolute atomic E-state index is 0.0710. The van der Waals surface area contributed by atoms with E-state index in [4.69, 9.17) is 5.73 Å². The second-order valence-electron chi connectivity index (χ2n) is 9.83. The Bertz CT molecular complexity index is 833. The molecule has 0 spiro atoms. The molecule has 1 aromatic carbocycles. The summed E-state index contributed by atoms with van der Waals surface area (Å²) in [4.78, 5) is 27.7. The van der Waals surface area contributed by atoms with Crippen molar-refractivity contribution in [2.75, 3.05) is 12.3 Å². The average molecular weight is 432 g/mol. The van der Waals surface area contributed by atoms with Gasteiger partial charge in [-0.2, -0.15) is 0 Å². The van der Waals surface area contributed by atoms with Gasteiger partial charge in [0.25, 0.3) is 0 Å². The first-order valence-electron chi connectivity index (χ1n) is 11.1. The summed E-state index contributed by atoms with van der Waals surface area (Å²) < 4.78 is 13.6. The quantitative estimate of drug-likeness (QED) is 0.752. The van der Waals surface area contributed by atoms with Crippen LogP contribution in [0.1, 0.15) is 44.1 Å². The predicted octanol–water partition coefficient (Wildman–Crippen LogP) is 2.89. The van der Waals surface area contributed by atoms with E-state index in [2.05, 4.69) is 10.2 Å². The summed E-state index contributed by atoms with van der Waals surface area (Å²) in [6, 6.07) is 6.79. The highest BCUT2D eigenvalue weighted by Crippen LogP contribution is 2.59. The number of nitrogens with zero attached hydrogens (tertiary/aromatic N) is 1. The Balaban J connectivity index is 1.28. The van der Waals surface area contributed by atoms with Crippen LogP contribution in [0.15, 0.2) is 24.3 Å². The van der Waals surface area contributed by atoms with Gasteiger partial charge in [-0.1, -0.05) is 12.1 Å². The maximum Gasteiger partial charge on any atom is 0.247 e. The molecule has 1 saturated heterocycles. The third-order valence-electron chi connectivity index (χ3n) is 7.80. The van der Waals surface area contributed by atoms with E-state index in [0.717, 1.165) is 56.4 Å². The first kappa shape index (κ1) is 20.3. The zero-order valence-electron chi connectivity index (χ0n) is 17.2. The first-order valence-corrected chi connectivity index (χ1v) is 12.2. The molecule has 3 unspecified atom stereocenters. The molecule has 1 aliphatic heterocycles. The van der Waals surface area contributed by atoms with Crippen LogP contribution in [0.3, 0.4) is 0 Å². The average Bonchev–Trinajstić information content (AvgIpc) is 2.70. The van der Waals surface area contributed by atoms with Gasteiger partial charge in [0, 0.05) is 24.5 Å². The lowest BCUT2D eigenvalue weighted by molar-refractivity contribution is -0.147. The van der Waals surface area contributed by atoms with E-state index < -0.39 is 0 Å². The van der Waals surface area contributed by atoms with E-state index in [1.165, 1.54) is 6.07 Å². The van der Waals surface area contributed by atoms with Gasteiger partial charge < -0.3 is 11.1 Å². The topological polar surface area (TPSA) is 75.4 Å². The van der Waals surface area contributed by atoms with Gasteiger partial charge in [0.1, 0.15) is 11.2 Å². The summed E-state index contributed by atoms with van der Waals surface area (Å²) in [6.45, 7) is 1.42. The number of benzene rings is 1. The molecule has 1 aromatic rings. The van der Waals surface area contributed by atoms with Gasteiger partial charge in [-0.3, -0.25) is 14.5 Å². The first-order chi connectivity index (χ1) is 14.4. The van der Waals surface area contributed by atoms with Crippen molar-refractivity contribution in [2.45, 2.75) is 56.5 Å². The summed E-state index contributed by atoms with van der Waals surface area (Å²) in [5.41, 5.74) is 6.36. The molecule has 5 fully saturated rings. The highest BCUT2D eigenvalue weighted by molar-refractivity contribution is 8.00. The minimum atomic E-state index is -0.333. The maximum atomic E-state index is 13.6. The molecule has 30 heavy (non-hydrogen) atoms. The monoisotopic (exact) mass is 431 g/mol. The van der Waals surface area contributed by atoms with Crippen molar-refractivity contribution in [1.82, 2.24) is 10.2 Å². The Hall–Kier alpha value is -1.60. The number of rotatable bonds is 5. The van der Waals surface area contributed by atoms with Crippen molar-refractivity contribution in [2.24, 2.45) is 28.9 Å². The molecule has 3 atom stereocenters. The summed E-state index contributed by atoms with van der Waals surface area (Å²) in [5, 5.41) is 3.14. The number of nitrogens with two attached hydrogens (primary N) is 1. The van der Waals surface area contributed by atoms with Crippen molar-refractivity contribution in [3.63, 3.8) is 0 Å². The van der Waals surface area contributed by atoms with E-state index in [0.29, 0.717) is 24.3 Å². The highest BCUT2D eigenvalue weighted by atomic mass is 32.2. The summed E-state index contributed by atoms with van der Waals surface area (Å²) in [6.07, 6.45) is 5.82. The van der Waals surface area contributed by atoms with Crippen molar-refractivity contribution >= 4 is 23.6 Å². The number of carbonyl (C=O) groups excluding carboxylic acids is 2. The second kappa shape index (κ2) is 7.83. The summed E-state index contributed by atoms with van der Waals surface area (Å²) in [5.74, 6) is 1.95. The molecule has 0 radical (unpaired) electrons. The van der Waals surface area contributed by atoms with Gasteiger partial charge in [0.15, 0.2) is 0 Å². The molecule has 4 bridgehead atoms. The molecule has 5 nitrogen and oxygen atoms in total. The highest BCUT2D eigenvalue weighted by Gasteiger charge is 2.58. The summed E-state index contributed by atoms with van der Waals surface area (Å²) in [7, 11) is 0. The SMILES string of the molecule is NC(=O)C12CC3CC(C1)C(NC(=O)C1SCCCN1Cc1cccc(F)c1)C(C3)C2. The van der Waals surface area contributed by atoms with Gasteiger partial charge in [0.2, 0.25) is 11.8 Å². The van der Waals surface area contributed by atoms with Crippen molar-refractivity contribution < 1.29 is 14.0 Å². The van der Waals surface area contributed by atoms with Crippen LogP contribution in [0, 0.1) is 29.0 Å². The van der Waals surface area contributed by atoms with Crippen molar-refractivity contribution in [1.29, 1.82) is 0 Å². The number of carbonyl (C=O) groups is 2. The largest absolute Gasteiger partial charge is 0.369 e. The maximum absolute atomic E-state index is 13.6. The summed E-state index contributed by atoms with van der Waals surface area (Å²) >= 11 is 1.68. The van der Waals surface area contributed by atoms with E-state index in [1.807, 2.05) is 6.07 Å². The molecular formula is C23H30FN3O2S. The second-order valence-corrected chi connectivity index (χ2v) is 11.0. The fraction of sp³-hybridized carbons (Fsp3) is 0.652. The van der Waals surface area contributed by atoms with Gasteiger partial charge in [-0.15, -0.1) is 11.8 Å². The van der Waals surface area contributed by atoms with Crippen LogP contribution in [0.5, 0.6) is 0 Å². The number of thioether (sulfide) groups is 1. The number of nitrogens with one attached hydrogen (secondary N) is 1. The fourth-order valence-corrected chi connectivity index (χ4v) is 7.89. The van der Waals surface area contributed by atoms with Crippen LogP contribution < -0.4 is 11.1 Å². The molecule has 162 valence electrons. The van der Waals surface area contributed by atoms with Crippen LogP contribution in [0.25, 0.3) is 0 Å². The van der Waals surface area contributed by atoms with Gasteiger partial charge in [-0.25, -0.2) is 4.39 Å². The zero-order chi connectivity index (χ0) is 20.9. The Morgan fingerprint density at radius 2 is 2.00 bits per heavy atom. The fourth-order valence-electron chi connectivity index (χ4n) is 6.76. The van der Waals surface area contributed by atoms with E-state index in [9.17, 15) is 14.0 Å². The molecule has 7 heteroatoms. The molecule has 2 amide bonds. The zero-order valence-corrected chi connectivity index (χ0v) is 18.0. The lowest BCUT2D eigenvalue weighted by Crippen LogP contribution is -2.63. The lowest BCUT2D eigenvalue weighted by atomic mass is 9.47. The number of amides is 2. The van der Waals surface area contributed by atoms with E-state index in [-0.39, 0.29) is 34.5 Å². The number of primary amides is 1. The minimum Gasteiger partial charge on any atom is -0.369 e. The molecule has 0 aromatic heterocycles. The van der Waals surface area contributed by atoms with Crippen LogP contribution in [-0.4, -0.2) is 40.4 Å². The number of hydrogen-bond donors (Lipinski definition) is 2. The molecule has 3 N–H and O–H groups in total. The Kier molecular flexibility index (Phi) is 5.30. The standard InChI is InChI=1S/C23H30FN3O2S/c24-18-4-1-3-14(9-18)13-27-5-2-6-30-21(27)20(28)26-19-16-7-15-8-17(19)12-23(10-15,11-16)22(25)29/h1,3-4,9,15-17,19,21H,2,5-8,10-13H2,(H2,25,29)(H,26,28). The Labute approximate surface area is 181 Å². The van der Waals surface area contributed by atoms with Crippen molar-refractivity contribution in [3.8, 4) is 0 Å². The number of halogens is 1. The van der Waals surface area contributed by atoms with Crippen LogP contribution in [-0.2, 0) is 16.1 Å². The molecule has 1 heterocycles. The van der Waals surface area contributed by atoms with Crippen molar-refractivity contribution in [3.05, 3.63) is 35.6 Å². The predicted molar refractivity (Wildman–Crippen MR) is 115 cm³/mol. The normalized spacial score (nSPS) is 37.8. The van der Waals surface area contributed by atoms with Gasteiger partial charge in [0.05, 0.1) is 0 Å². The van der Waals surface area contributed by atoms with Gasteiger partial charge >= 0.3 is 0 Å². The molecule has 6 rings (SSSR count). The Morgan fingerprint density at radius 1 is 1.23 bits per heavy atom. The van der Waals surface area contributed by atoms with Crippen LogP contribution in [0.2, 0.25) is 0 Å².